The molecule has 7 aromatic rings. The Kier molecular flexibility index (Phi) is 5.65. The molecule has 0 nitrogen and oxygen atoms in total. The van der Waals surface area contributed by atoms with Crippen LogP contribution in [0.1, 0.15) is 5.56 Å². The maximum atomic E-state index is 2.34. The van der Waals surface area contributed by atoms with Gasteiger partial charge in [0.1, 0.15) is 0 Å². The van der Waals surface area contributed by atoms with E-state index in [1.54, 1.807) is 0 Å². The number of hydrogen-bond acceptors (Lipinski definition) is 1. The van der Waals surface area contributed by atoms with Crippen molar-refractivity contribution in [1.29, 1.82) is 0 Å². The zero-order valence-corrected chi connectivity index (χ0v) is 22.0. The van der Waals surface area contributed by atoms with Crippen molar-refractivity contribution >= 4 is 31.5 Å². The second kappa shape index (κ2) is 9.45. The first kappa shape index (κ1) is 22.7. The van der Waals surface area contributed by atoms with E-state index in [0.717, 1.165) is 0 Å². The second-order valence-electron chi connectivity index (χ2n) is 9.80. The topological polar surface area (TPSA) is 0 Å². The molecule has 0 aliphatic heterocycles. The molecule has 0 spiro atoms. The Morgan fingerprint density at radius 1 is 0.395 bits per heavy atom. The lowest BCUT2D eigenvalue weighted by atomic mass is 9.90. The molecule has 0 amide bonds. The molecule has 7 rings (SSSR count). The molecule has 0 fully saturated rings. The van der Waals surface area contributed by atoms with Crippen molar-refractivity contribution < 1.29 is 0 Å². The third kappa shape index (κ3) is 3.93. The van der Waals surface area contributed by atoms with Gasteiger partial charge in [-0.1, -0.05) is 121 Å². The van der Waals surface area contributed by atoms with Gasteiger partial charge >= 0.3 is 0 Å². The normalized spacial score (nSPS) is 11.3. The van der Waals surface area contributed by atoms with Crippen molar-refractivity contribution in [2.24, 2.45) is 0 Å². The number of rotatable bonds is 4. The van der Waals surface area contributed by atoms with Crippen molar-refractivity contribution in [3.05, 3.63) is 145 Å². The quantitative estimate of drug-likeness (QED) is 0.224. The first-order chi connectivity index (χ1) is 18.8. The van der Waals surface area contributed by atoms with E-state index in [0.29, 0.717) is 0 Å². The fourth-order valence-electron chi connectivity index (χ4n) is 5.55. The number of benzene rings is 6. The highest BCUT2D eigenvalue weighted by atomic mass is 32.1. The average molecular weight is 503 g/mol. The van der Waals surface area contributed by atoms with Crippen molar-refractivity contribution in [1.82, 2.24) is 0 Å². The van der Waals surface area contributed by atoms with Gasteiger partial charge in [-0.05, 0) is 75.2 Å². The molecule has 0 bridgehead atoms. The number of fused-ring (bicyclic) bond motifs is 3. The molecule has 0 saturated heterocycles. The van der Waals surface area contributed by atoms with Gasteiger partial charge in [-0.3, -0.25) is 0 Å². The highest BCUT2D eigenvalue weighted by Gasteiger charge is 2.12. The molecule has 0 N–H and O–H groups in total. The molecular formula is C37H26S. The standard InChI is InChI=1S/C37H26S/c1-25-11-2-3-16-30(25)33-18-5-4-17-31(33)28-14-8-12-26(23-28)27-13-9-15-29(24-27)32-20-10-21-35-34-19-6-7-22-36(34)38-37(32)35/h2-24H,1H3. The monoisotopic (exact) mass is 502 g/mol. The van der Waals surface area contributed by atoms with Gasteiger partial charge in [0.05, 0.1) is 0 Å². The number of aryl methyl sites for hydroxylation is 1. The fourth-order valence-corrected chi connectivity index (χ4v) is 6.79. The molecule has 0 unspecified atom stereocenters. The van der Waals surface area contributed by atoms with Crippen molar-refractivity contribution in [3.8, 4) is 44.5 Å². The third-order valence-corrected chi connectivity index (χ3v) is 8.67. The van der Waals surface area contributed by atoms with E-state index in [1.165, 1.54) is 70.2 Å². The lowest BCUT2D eigenvalue weighted by molar-refractivity contribution is 1.45. The van der Waals surface area contributed by atoms with Gasteiger partial charge in [-0.2, -0.15) is 0 Å². The first-order valence-electron chi connectivity index (χ1n) is 13.0. The minimum Gasteiger partial charge on any atom is -0.135 e. The van der Waals surface area contributed by atoms with Gasteiger partial charge < -0.3 is 0 Å². The van der Waals surface area contributed by atoms with Crippen LogP contribution in [0.4, 0.5) is 0 Å². The molecular weight excluding hydrogens is 476 g/mol. The summed E-state index contributed by atoms with van der Waals surface area (Å²) in [5.74, 6) is 0. The molecule has 6 aromatic carbocycles. The van der Waals surface area contributed by atoms with Crippen LogP contribution < -0.4 is 0 Å². The minimum atomic E-state index is 1.23. The zero-order valence-electron chi connectivity index (χ0n) is 21.2. The summed E-state index contributed by atoms with van der Waals surface area (Å²) < 4.78 is 2.69. The largest absolute Gasteiger partial charge is 0.135 e. The van der Waals surface area contributed by atoms with Gasteiger partial charge in [0, 0.05) is 20.2 Å². The molecule has 0 aliphatic carbocycles. The molecule has 0 atom stereocenters. The summed E-state index contributed by atoms with van der Waals surface area (Å²) in [7, 11) is 0. The highest BCUT2D eigenvalue weighted by molar-refractivity contribution is 7.26. The zero-order chi connectivity index (χ0) is 25.5. The predicted octanol–water partition coefficient (Wildman–Crippen LogP) is 11.0. The SMILES string of the molecule is Cc1ccccc1-c1ccccc1-c1cccc(-c2cccc(-c3cccc4c3sc3ccccc34)c2)c1. The van der Waals surface area contributed by atoms with E-state index in [9.17, 15) is 0 Å². The van der Waals surface area contributed by atoms with E-state index >= 15 is 0 Å². The van der Waals surface area contributed by atoms with Crippen LogP contribution >= 0.6 is 11.3 Å². The van der Waals surface area contributed by atoms with Gasteiger partial charge in [-0.15, -0.1) is 11.3 Å². The van der Waals surface area contributed by atoms with Gasteiger partial charge in [0.2, 0.25) is 0 Å². The Bertz CT molecular complexity index is 1940. The summed E-state index contributed by atoms with van der Waals surface area (Å²) in [5.41, 5.74) is 11.4. The maximum absolute atomic E-state index is 2.34. The first-order valence-corrected chi connectivity index (χ1v) is 13.8. The van der Waals surface area contributed by atoms with Crippen LogP contribution in [0.2, 0.25) is 0 Å². The summed E-state index contributed by atoms with van der Waals surface area (Å²) in [6.07, 6.45) is 0. The van der Waals surface area contributed by atoms with Crippen molar-refractivity contribution in [2.75, 3.05) is 0 Å². The summed E-state index contributed by atoms with van der Waals surface area (Å²) in [4.78, 5) is 0. The van der Waals surface area contributed by atoms with E-state index in [2.05, 4.69) is 146 Å². The lowest BCUT2D eigenvalue weighted by Gasteiger charge is -2.14. The smallest absolute Gasteiger partial charge is 0.0433 e. The summed E-state index contributed by atoms with van der Waals surface area (Å²) in [6.45, 7) is 2.19. The van der Waals surface area contributed by atoms with Gasteiger partial charge in [0.25, 0.3) is 0 Å². The van der Waals surface area contributed by atoms with Gasteiger partial charge in [0.15, 0.2) is 0 Å². The van der Waals surface area contributed by atoms with Crippen LogP contribution in [0.15, 0.2) is 140 Å². The molecule has 1 aromatic heterocycles. The molecule has 1 heterocycles. The van der Waals surface area contributed by atoms with Crippen LogP contribution in [-0.2, 0) is 0 Å². The predicted molar refractivity (Wildman–Crippen MR) is 166 cm³/mol. The van der Waals surface area contributed by atoms with E-state index in [4.69, 9.17) is 0 Å². The average Bonchev–Trinajstić information content (AvgIpc) is 3.37. The van der Waals surface area contributed by atoms with E-state index in [1.807, 2.05) is 11.3 Å². The molecule has 0 radical (unpaired) electrons. The second-order valence-corrected chi connectivity index (χ2v) is 10.9. The Balaban J connectivity index is 1.33. The van der Waals surface area contributed by atoms with Crippen LogP contribution in [0.5, 0.6) is 0 Å². The lowest BCUT2D eigenvalue weighted by Crippen LogP contribution is -1.88. The van der Waals surface area contributed by atoms with Crippen molar-refractivity contribution in [2.45, 2.75) is 6.92 Å². The highest BCUT2D eigenvalue weighted by Crippen LogP contribution is 2.41. The summed E-state index contributed by atoms with van der Waals surface area (Å²) in [6, 6.07) is 50.7. The molecule has 0 aliphatic rings. The van der Waals surface area contributed by atoms with Crippen molar-refractivity contribution in [3.63, 3.8) is 0 Å². The Morgan fingerprint density at radius 3 is 1.68 bits per heavy atom. The van der Waals surface area contributed by atoms with Crippen LogP contribution in [-0.4, -0.2) is 0 Å². The number of hydrogen-bond donors (Lipinski definition) is 0. The van der Waals surface area contributed by atoms with Crippen LogP contribution in [0.25, 0.3) is 64.7 Å². The van der Waals surface area contributed by atoms with Crippen LogP contribution in [0, 0.1) is 6.92 Å². The van der Waals surface area contributed by atoms with E-state index in [-0.39, 0.29) is 0 Å². The number of thiophene rings is 1. The molecule has 1 heteroatoms. The molecule has 38 heavy (non-hydrogen) atoms. The Morgan fingerprint density at radius 2 is 0.921 bits per heavy atom. The van der Waals surface area contributed by atoms with Crippen LogP contribution in [0.3, 0.4) is 0 Å². The molecule has 0 saturated carbocycles. The summed E-state index contributed by atoms with van der Waals surface area (Å²) in [5, 5.41) is 2.67. The summed E-state index contributed by atoms with van der Waals surface area (Å²) >= 11 is 1.89. The third-order valence-electron chi connectivity index (χ3n) is 7.45. The Labute approximate surface area is 227 Å². The minimum absolute atomic E-state index is 1.23. The maximum Gasteiger partial charge on any atom is 0.0433 e. The Hall–Kier alpha value is -4.46. The molecule has 180 valence electrons. The van der Waals surface area contributed by atoms with Gasteiger partial charge in [-0.25, -0.2) is 0 Å². The van der Waals surface area contributed by atoms with E-state index < -0.39 is 0 Å². The fraction of sp³-hybridized carbons (Fsp3) is 0.0270.